The second kappa shape index (κ2) is 12.6. The maximum Gasteiger partial charge on any atom is 0.191 e. The molecule has 0 aliphatic heterocycles. The first-order valence-electron chi connectivity index (χ1n) is 8.97. The van der Waals surface area contributed by atoms with E-state index in [9.17, 15) is 0 Å². The summed E-state index contributed by atoms with van der Waals surface area (Å²) in [4.78, 5) is 11.0. The van der Waals surface area contributed by atoms with E-state index in [1.165, 1.54) is 0 Å². The van der Waals surface area contributed by atoms with Crippen molar-refractivity contribution in [3.63, 3.8) is 0 Å². The predicted molar refractivity (Wildman–Crippen MR) is 102 cm³/mol. The number of nitrogens with one attached hydrogen (secondary N) is 2. The molecule has 0 aromatic carbocycles. The summed E-state index contributed by atoms with van der Waals surface area (Å²) in [6, 6.07) is 4.19. The van der Waals surface area contributed by atoms with Crippen LogP contribution in [0.25, 0.3) is 0 Å². The quantitative estimate of drug-likeness (QED) is 0.369. The Hall–Kier alpha value is -1.82. The van der Waals surface area contributed by atoms with Crippen molar-refractivity contribution in [3.8, 4) is 0 Å². The van der Waals surface area contributed by atoms with Gasteiger partial charge in [0, 0.05) is 52.6 Å². The van der Waals surface area contributed by atoms with Crippen LogP contribution in [-0.2, 0) is 11.3 Å². The third-order valence-electron chi connectivity index (χ3n) is 3.79. The van der Waals surface area contributed by atoms with Gasteiger partial charge in [-0.3, -0.25) is 4.99 Å². The van der Waals surface area contributed by atoms with Crippen LogP contribution in [0.15, 0.2) is 23.3 Å². The van der Waals surface area contributed by atoms with Crippen molar-refractivity contribution in [2.45, 2.75) is 40.2 Å². The highest BCUT2D eigenvalue weighted by Crippen LogP contribution is 2.10. The van der Waals surface area contributed by atoms with Gasteiger partial charge in [0.25, 0.3) is 0 Å². The first kappa shape index (κ1) is 20.2. The fourth-order valence-corrected chi connectivity index (χ4v) is 2.34. The zero-order valence-corrected chi connectivity index (χ0v) is 15.6. The summed E-state index contributed by atoms with van der Waals surface area (Å²) >= 11 is 0. The molecule has 0 amide bonds. The zero-order chi connectivity index (χ0) is 17.6. The Morgan fingerprint density at radius 2 is 1.96 bits per heavy atom. The molecule has 0 unspecified atom stereocenters. The van der Waals surface area contributed by atoms with Crippen molar-refractivity contribution in [2.24, 2.45) is 4.99 Å². The van der Waals surface area contributed by atoms with E-state index in [1.54, 1.807) is 7.05 Å². The molecule has 6 nitrogen and oxygen atoms in total. The van der Waals surface area contributed by atoms with Gasteiger partial charge in [-0.15, -0.1) is 0 Å². The van der Waals surface area contributed by atoms with Gasteiger partial charge in [0.05, 0.1) is 0 Å². The molecule has 1 aromatic heterocycles. The molecule has 0 atom stereocenters. The number of aromatic nitrogens is 1. The van der Waals surface area contributed by atoms with Gasteiger partial charge in [-0.25, -0.2) is 4.98 Å². The summed E-state index contributed by atoms with van der Waals surface area (Å²) < 4.78 is 5.33. The topological polar surface area (TPSA) is 61.8 Å². The Bertz CT molecular complexity index is 457. The van der Waals surface area contributed by atoms with E-state index < -0.39 is 0 Å². The number of guanidine groups is 1. The zero-order valence-electron chi connectivity index (χ0n) is 15.6. The van der Waals surface area contributed by atoms with E-state index in [4.69, 9.17) is 4.74 Å². The lowest BCUT2D eigenvalue weighted by Crippen LogP contribution is -2.37. The third kappa shape index (κ3) is 7.64. The number of unbranched alkanes of at least 4 members (excludes halogenated alkanes) is 1. The average Bonchev–Trinajstić information content (AvgIpc) is 2.62. The van der Waals surface area contributed by atoms with Gasteiger partial charge in [0.15, 0.2) is 5.96 Å². The molecule has 24 heavy (non-hydrogen) atoms. The Morgan fingerprint density at radius 1 is 1.17 bits per heavy atom. The number of hydrogen-bond donors (Lipinski definition) is 2. The van der Waals surface area contributed by atoms with Crippen LogP contribution in [0.5, 0.6) is 0 Å². The maximum atomic E-state index is 5.33. The molecule has 0 aliphatic rings. The van der Waals surface area contributed by atoms with Gasteiger partial charge in [-0.05, 0) is 45.2 Å². The largest absolute Gasteiger partial charge is 0.382 e. The molecule has 0 spiro atoms. The lowest BCUT2D eigenvalue weighted by atomic mass is 10.2. The molecule has 1 rings (SSSR count). The van der Waals surface area contributed by atoms with Gasteiger partial charge < -0.3 is 20.3 Å². The van der Waals surface area contributed by atoms with Crippen molar-refractivity contribution in [1.82, 2.24) is 15.6 Å². The Balaban J connectivity index is 2.32. The SMILES string of the molecule is CCOCCCCNC(=NC)NCc1ccc(N(CC)CC)nc1. The highest BCUT2D eigenvalue weighted by molar-refractivity contribution is 5.79. The van der Waals surface area contributed by atoms with Crippen LogP contribution in [-0.4, -0.2) is 50.8 Å². The van der Waals surface area contributed by atoms with Crippen molar-refractivity contribution in [2.75, 3.05) is 44.8 Å². The summed E-state index contributed by atoms with van der Waals surface area (Å²) in [5.74, 6) is 1.85. The number of aliphatic imine (C=N–C) groups is 1. The summed E-state index contributed by atoms with van der Waals surface area (Å²) in [5, 5.41) is 6.64. The third-order valence-corrected chi connectivity index (χ3v) is 3.79. The molecule has 0 bridgehead atoms. The van der Waals surface area contributed by atoms with Crippen LogP contribution < -0.4 is 15.5 Å². The Labute approximate surface area is 146 Å². The molecule has 0 aliphatic carbocycles. The fraction of sp³-hybridized carbons (Fsp3) is 0.667. The number of anilines is 1. The van der Waals surface area contributed by atoms with Gasteiger partial charge in [0.1, 0.15) is 5.82 Å². The number of nitrogens with zero attached hydrogens (tertiary/aromatic N) is 3. The van der Waals surface area contributed by atoms with Gasteiger partial charge in [0.2, 0.25) is 0 Å². The molecular formula is C18H33N5O. The summed E-state index contributed by atoms with van der Waals surface area (Å²) in [6.07, 6.45) is 4.06. The average molecular weight is 335 g/mol. The van der Waals surface area contributed by atoms with Crippen LogP contribution in [0.3, 0.4) is 0 Å². The maximum absolute atomic E-state index is 5.33. The second-order valence-electron chi connectivity index (χ2n) is 5.45. The van der Waals surface area contributed by atoms with E-state index in [1.807, 2.05) is 13.1 Å². The monoisotopic (exact) mass is 335 g/mol. The standard InChI is InChI=1S/C18H33N5O/c1-5-23(6-2)17-11-10-16(14-21-17)15-22-18(19-4)20-12-8-9-13-24-7-3/h10-11,14H,5-9,12-13,15H2,1-4H3,(H2,19,20,22). The van der Waals surface area contributed by atoms with Crippen LogP contribution in [0.2, 0.25) is 0 Å². The lowest BCUT2D eigenvalue weighted by molar-refractivity contribution is 0.143. The normalized spacial score (nSPS) is 11.4. The van der Waals surface area contributed by atoms with Crippen molar-refractivity contribution in [3.05, 3.63) is 23.9 Å². The van der Waals surface area contributed by atoms with Crippen molar-refractivity contribution >= 4 is 11.8 Å². The molecule has 136 valence electrons. The van der Waals surface area contributed by atoms with Crippen molar-refractivity contribution < 1.29 is 4.74 Å². The minimum absolute atomic E-state index is 0.712. The van der Waals surface area contributed by atoms with E-state index in [0.29, 0.717) is 6.54 Å². The number of hydrogen-bond acceptors (Lipinski definition) is 4. The van der Waals surface area contributed by atoms with E-state index in [2.05, 4.69) is 51.5 Å². The molecule has 0 saturated carbocycles. The van der Waals surface area contributed by atoms with E-state index in [-0.39, 0.29) is 0 Å². The van der Waals surface area contributed by atoms with E-state index >= 15 is 0 Å². The fourth-order valence-electron chi connectivity index (χ4n) is 2.34. The molecule has 6 heteroatoms. The molecular weight excluding hydrogens is 302 g/mol. The lowest BCUT2D eigenvalue weighted by Gasteiger charge is -2.19. The molecule has 0 saturated heterocycles. The van der Waals surface area contributed by atoms with Crippen LogP contribution >= 0.6 is 0 Å². The first-order valence-corrected chi connectivity index (χ1v) is 8.97. The highest BCUT2D eigenvalue weighted by atomic mass is 16.5. The summed E-state index contributed by atoms with van der Waals surface area (Å²) in [7, 11) is 1.79. The molecule has 1 heterocycles. The smallest absolute Gasteiger partial charge is 0.191 e. The van der Waals surface area contributed by atoms with Crippen LogP contribution in [0, 0.1) is 0 Å². The second-order valence-corrected chi connectivity index (χ2v) is 5.45. The number of rotatable bonds is 11. The minimum Gasteiger partial charge on any atom is -0.382 e. The van der Waals surface area contributed by atoms with Gasteiger partial charge >= 0.3 is 0 Å². The van der Waals surface area contributed by atoms with Gasteiger partial charge in [-0.1, -0.05) is 6.07 Å². The summed E-state index contributed by atoms with van der Waals surface area (Å²) in [6.45, 7) is 11.5. The first-order chi connectivity index (χ1) is 11.7. The molecule has 0 radical (unpaired) electrons. The van der Waals surface area contributed by atoms with Crippen LogP contribution in [0.1, 0.15) is 39.2 Å². The number of pyridine rings is 1. The number of ether oxygens (including phenoxy) is 1. The summed E-state index contributed by atoms with van der Waals surface area (Å²) in [5.41, 5.74) is 1.14. The molecule has 2 N–H and O–H groups in total. The minimum atomic E-state index is 0.712. The van der Waals surface area contributed by atoms with Gasteiger partial charge in [-0.2, -0.15) is 0 Å². The molecule has 1 aromatic rings. The highest BCUT2D eigenvalue weighted by Gasteiger charge is 2.03. The predicted octanol–water partition coefficient (Wildman–Crippen LogP) is 2.41. The van der Waals surface area contributed by atoms with Crippen LogP contribution in [0.4, 0.5) is 5.82 Å². The van der Waals surface area contributed by atoms with E-state index in [0.717, 1.165) is 63.0 Å². The Kier molecular flexibility index (Phi) is 10.6. The van der Waals surface area contributed by atoms with Crippen molar-refractivity contribution in [1.29, 1.82) is 0 Å². The Morgan fingerprint density at radius 3 is 2.54 bits per heavy atom. The molecule has 0 fully saturated rings.